The van der Waals surface area contributed by atoms with Gasteiger partial charge in [0.05, 0.1) is 15.5 Å². The Labute approximate surface area is 157 Å². The van der Waals surface area contributed by atoms with E-state index in [1.54, 1.807) is 25.1 Å². The topological polar surface area (TPSA) is 66.5 Å². The minimum absolute atomic E-state index is 0.113. The maximum absolute atomic E-state index is 12.6. The van der Waals surface area contributed by atoms with Gasteiger partial charge in [-0.15, -0.1) is 11.8 Å². The molecule has 0 saturated carbocycles. The van der Waals surface area contributed by atoms with E-state index in [4.69, 9.17) is 11.6 Å². The van der Waals surface area contributed by atoms with Crippen molar-refractivity contribution in [2.75, 3.05) is 25.7 Å². The normalized spacial score (nSPS) is 11.6. The summed E-state index contributed by atoms with van der Waals surface area (Å²) in [7, 11) is -0.664. The van der Waals surface area contributed by atoms with Gasteiger partial charge in [0.2, 0.25) is 10.0 Å². The molecule has 134 valence electrons. The monoisotopic (exact) mass is 398 g/mol. The zero-order chi connectivity index (χ0) is 18.8. The Balaban J connectivity index is 2.39. The molecule has 0 heterocycles. The molecular formula is C17H19ClN2O3S2. The predicted octanol–water partition coefficient (Wildman–Crippen LogP) is 3.87. The highest BCUT2D eigenvalue weighted by atomic mass is 35.5. The third kappa shape index (κ3) is 4.36. The summed E-state index contributed by atoms with van der Waals surface area (Å²) in [4.78, 5) is 13.6. The predicted molar refractivity (Wildman–Crippen MR) is 103 cm³/mol. The van der Waals surface area contributed by atoms with E-state index in [-0.39, 0.29) is 10.8 Å². The Kier molecular flexibility index (Phi) is 6.16. The summed E-state index contributed by atoms with van der Waals surface area (Å²) >= 11 is 7.63. The number of amides is 1. The Hall–Kier alpha value is -1.54. The molecule has 1 N–H and O–H groups in total. The standard InChI is InChI=1S/C17H19ClN2O3S2/c1-11-5-7-13(25(22,23)20(2)3)10-16(11)19-17(21)14-9-12(24-4)6-8-15(14)18/h5-10H,1-4H3,(H,19,21). The molecule has 0 spiro atoms. The molecule has 2 aromatic carbocycles. The van der Waals surface area contributed by atoms with Gasteiger partial charge < -0.3 is 5.32 Å². The van der Waals surface area contributed by atoms with Crippen molar-refractivity contribution in [2.24, 2.45) is 0 Å². The first-order valence-corrected chi connectivity index (χ1v) is 10.4. The van der Waals surface area contributed by atoms with E-state index in [0.29, 0.717) is 16.3 Å². The molecule has 5 nitrogen and oxygen atoms in total. The summed E-state index contributed by atoms with van der Waals surface area (Å²) in [6.45, 7) is 1.79. The van der Waals surface area contributed by atoms with Gasteiger partial charge in [-0.2, -0.15) is 0 Å². The van der Waals surface area contributed by atoms with Crippen molar-refractivity contribution in [3.63, 3.8) is 0 Å². The maximum atomic E-state index is 12.6. The van der Waals surface area contributed by atoms with Gasteiger partial charge in [0.15, 0.2) is 0 Å². The van der Waals surface area contributed by atoms with Crippen LogP contribution in [-0.2, 0) is 10.0 Å². The first kappa shape index (κ1) is 19.8. The Morgan fingerprint density at radius 1 is 1.16 bits per heavy atom. The Morgan fingerprint density at radius 3 is 2.44 bits per heavy atom. The van der Waals surface area contributed by atoms with Crippen molar-refractivity contribution in [3.05, 3.63) is 52.5 Å². The van der Waals surface area contributed by atoms with Crippen LogP contribution in [-0.4, -0.2) is 39.0 Å². The third-order valence-electron chi connectivity index (χ3n) is 3.65. The number of hydrogen-bond acceptors (Lipinski definition) is 4. The lowest BCUT2D eigenvalue weighted by Gasteiger charge is -2.15. The Bertz CT molecular complexity index is 912. The van der Waals surface area contributed by atoms with Crippen LogP contribution in [0, 0.1) is 6.92 Å². The summed E-state index contributed by atoms with van der Waals surface area (Å²) in [6, 6.07) is 9.84. The number of nitrogens with one attached hydrogen (secondary N) is 1. The molecule has 0 saturated heterocycles. The van der Waals surface area contributed by atoms with Crippen LogP contribution in [0.25, 0.3) is 0 Å². The second kappa shape index (κ2) is 7.78. The maximum Gasteiger partial charge on any atom is 0.257 e. The zero-order valence-electron chi connectivity index (χ0n) is 14.3. The molecule has 8 heteroatoms. The summed E-state index contributed by atoms with van der Waals surface area (Å²) in [5.74, 6) is -0.386. The van der Waals surface area contributed by atoms with Crippen molar-refractivity contribution in [1.82, 2.24) is 4.31 Å². The minimum Gasteiger partial charge on any atom is -0.322 e. The van der Waals surface area contributed by atoms with E-state index in [2.05, 4.69) is 5.32 Å². The molecule has 0 radical (unpaired) electrons. The second-order valence-electron chi connectivity index (χ2n) is 5.56. The minimum atomic E-state index is -3.58. The number of carbonyl (C=O) groups excluding carboxylic acids is 1. The molecule has 25 heavy (non-hydrogen) atoms. The number of sulfonamides is 1. The molecule has 0 atom stereocenters. The number of benzene rings is 2. The van der Waals surface area contributed by atoms with Gasteiger partial charge >= 0.3 is 0 Å². The molecule has 0 bridgehead atoms. The van der Waals surface area contributed by atoms with Gasteiger partial charge in [-0.25, -0.2) is 12.7 Å². The number of thioether (sulfide) groups is 1. The van der Waals surface area contributed by atoms with Gasteiger partial charge in [-0.05, 0) is 49.1 Å². The van der Waals surface area contributed by atoms with Crippen molar-refractivity contribution in [3.8, 4) is 0 Å². The molecule has 0 aliphatic rings. The molecule has 0 fully saturated rings. The zero-order valence-corrected chi connectivity index (χ0v) is 16.7. The van der Waals surface area contributed by atoms with Crippen LogP contribution in [0.4, 0.5) is 5.69 Å². The van der Waals surface area contributed by atoms with E-state index < -0.39 is 10.0 Å². The number of anilines is 1. The third-order valence-corrected chi connectivity index (χ3v) is 6.52. The molecular weight excluding hydrogens is 380 g/mol. The summed E-state index contributed by atoms with van der Waals surface area (Å²) in [6.07, 6.45) is 1.91. The fourth-order valence-electron chi connectivity index (χ4n) is 2.10. The fraction of sp³-hybridized carbons (Fsp3) is 0.235. The highest BCUT2D eigenvalue weighted by Crippen LogP contribution is 2.26. The van der Waals surface area contributed by atoms with Crippen LogP contribution in [0.2, 0.25) is 5.02 Å². The number of aryl methyl sites for hydroxylation is 1. The van der Waals surface area contributed by atoms with E-state index in [1.807, 2.05) is 12.3 Å². The number of rotatable bonds is 5. The molecule has 1 amide bonds. The van der Waals surface area contributed by atoms with Gasteiger partial charge in [0.1, 0.15) is 0 Å². The van der Waals surface area contributed by atoms with E-state index in [1.165, 1.54) is 38.0 Å². The molecule has 2 rings (SSSR count). The Morgan fingerprint density at radius 2 is 1.84 bits per heavy atom. The first-order chi connectivity index (χ1) is 11.7. The number of nitrogens with zero attached hydrogens (tertiary/aromatic N) is 1. The lowest BCUT2D eigenvalue weighted by molar-refractivity contribution is 0.102. The second-order valence-corrected chi connectivity index (χ2v) is 9.00. The van der Waals surface area contributed by atoms with Gasteiger partial charge in [-0.1, -0.05) is 17.7 Å². The SMILES string of the molecule is CSc1ccc(Cl)c(C(=O)Nc2cc(S(=O)(=O)N(C)C)ccc2C)c1. The smallest absolute Gasteiger partial charge is 0.257 e. The van der Waals surface area contributed by atoms with Gasteiger partial charge in [-0.3, -0.25) is 4.79 Å². The quantitative estimate of drug-likeness (QED) is 0.776. The average molecular weight is 399 g/mol. The van der Waals surface area contributed by atoms with Crippen LogP contribution in [0.5, 0.6) is 0 Å². The van der Waals surface area contributed by atoms with Crippen LogP contribution < -0.4 is 5.32 Å². The molecule has 0 unspecified atom stereocenters. The van der Waals surface area contributed by atoms with E-state index in [0.717, 1.165) is 14.8 Å². The van der Waals surface area contributed by atoms with E-state index >= 15 is 0 Å². The fourth-order valence-corrected chi connectivity index (χ4v) is 3.67. The summed E-state index contributed by atoms with van der Waals surface area (Å²) < 4.78 is 25.7. The number of halogens is 1. The van der Waals surface area contributed by atoms with Gasteiger partial charge in [0.25, 0.3) is 5.91 Å². The highest BCUT2D eigenvalue weighted by molar-refractivity contribution is 7.98. The molecule has 0 aliphatic carbocycles. The largest absolute Gasteiger partial charge is 0.322 e. The summed E-state index contributed by atoms with van der Waals surface area (Å²) in [5.41, 5.74) is 1.52. The van der Waals surface area contributed by atoms with Crippen molar-refractivity contribution in [1.29, 1.82) is 0 Å². The van der Waals surface area contributed by atoms with Crippen molar-refractivity contribution in [2.45, 2.75) is 16.7 Å². The van der Waals surface area contributed by atoms with E-state index in [9.17, 15) is 13.2 Å². The first-order valence-electron chi connectivity index (χ1n) is 7.35. The number of carbonyl (C=O) groups is 1. The number of hydrogen-bond donors (Lipinski definition) is 1. The van der Waals surface area contributed by atoms with Crippen LogP contribution in [0.1, 0.15) is 15.9 Å². The molecule has 0 aromatic heterocycles. The lowest BCUT2D eigenvalue weighted by Crippen LogP contribution is -2.22. The molecule has 0 aliphatic heterocycles. The van der Waals surface area contributed by atoms with Crippen molar-refractivity contribution < 1.29 is 13.2 Å². The molecule has 2 aromatic rings. The van der Waals surface area contributed by atoms with Crippen LogP contribution in [0.3, 0.4) is 0 Å². The summed E-state index contributed by atoms with van der Waals surface area (Å²) in [5, 5.41) is 3.09. The van der Waals surface area contributed by atoms with Crippen LogP contribution in [0.15, 0.2) is 46.2 Å². The average Bonchev–Trinajstić information content (AvgIpc) is 2.56. The highest BCUT2D eigenvalue weighted by Gasteiger charge is 2.19. The van der Waals surface area contributed by atoms with Crippen molar-refractivity contribution >= 4 is 45.0 Å². The lowest BCUT2D eigenvalue weighted by atomic mass is 10.1. The van der Waals surface area contributed by atoms with Gasteiger partial charge in [0, 0.05) is 24.7 Å². The van der Waals surface area contributed by atoms with Crippen LogP contribution >= 0.6 is 23.4 Å².